The first-order valence-corrected chi connectivity index (χ1v) is 8.82. The summed E-state index contributed by atoms with van der Waals surface area (Å²) in [5.41, 5.74) is 0.949. The fourth-order valence-corrected chi connectivity index (χ4v) is 3.39. The van der Waals surface area contributed by atoms with Crippen molar-refractivity contribution in [1.29, 1.82) is 0 Å². The number of nitrogens with zero attached hydrogens (tertiary/aromatic N) is 3. The molecule has 2 heterocycles. The SMILES string of the molecule is O=C(CCN1CCCC1Cn1cccn1)NCc1ccccc1Cl. The Labute approximate surface area is 147 Å². The average molecular weight is 347 g/mol. The molecule has 24 heavy (non-hydrogen) atoms. The summed E-state index contributed by atoms with van der Waals surface area (Å²) >= 11 is 6.11. The normalized spacial score (nSPS) is 18.0. The molecule has 0 saturated carbocycles. The third kappa shape index (κ3) is 4.58. The summed E-state index contributed by atoms with van der Waals surface area (Å²) in [6.45, 7) is 3.23. The van der Waals surface area contributed by atoms with E-state index < -0.39 is 0 Å². The lowest BCUT2D eigenvalue weighted by atomic mass is 10.2. The van der Waals surface area contributed by atoms with Gasteiger partial charge < -0.3 is 5.32 Å². The molecule has 128 valence electrons. The minimum atomic E-state index is 0.0691. The largest absolute Gasteiger partial charge is 0.352 e. The Balaban J connectivity index is 1.43. The van der Waals surface area contributed by atoms with Gasteiger partial charge in [-0.05, 0) is 37.1 Å². The maximum atomic E-state index is 12.1. The van der Waals surface area contributed by atoms with Crippen molar-refractivity contribution in [3.63, 3.8) is 0 Å². The molecule has 0 spiro atoms. The van der Waals surface area contributed by atoms with Gasteiger partial charge in [0.1, 0.15) is 0 Å². The first-order chi connectivity index (χ1) is 11.7. The lowest BCUT2D eigenvalue weighted by molar-refractivity contribution is -0.121. The lowest BCUT2D eigenvalue weighted by Gasteiger charge is -2.24. The number of carbonyl (C=O) groups excluding carboxylic acids is 1. The summed E-state index contributed by atoms with van der Waals surface area (Å²) in [7, 11) is 0. The Bertz CT molecular complexity index is 659. The Morgan fingerprint density at radius 2 is 2.21 bits per heavy atom. The standard InChI is InChI=1S/C18H23ClN4O/c19-17-7-2-1-5-15(17)13-20-18(24)8-12-22-10-3-6-16(22)14-23-11-4-9-21-23/h1-2,4-5,7,9,11,16H,3,6,8,10,12-14H2,(H,20,24). The molecule has 1 aromatic heterocycles. The number of carbonyl (C=O) groups is 1. The minimum Gasteiger partial charge on any atom is -0.352 e. The van der Waals surface area contributed by atoms with E-state index in [1.807, 2.05) is 41.2 Å². The third-order valence-electron chi connectivity index (χ3n) is 4.52. The van der Waals surface area contributed by atoms with Gasteiger partial charge in [-0.25, -0.2) is 0 Å². The van der Waals surface area contributed by atoms with Crippen molar-refractivity contribution < 1.29 is 4.79 Å². The summed E-state index contributed by atoms with van der Waals surface area (Å²) in [4.78, 5) is 14.5. The fraction of sp³-hybridized carbons (Fsp3) is 0.444. The van der Waals surface area contributed by atoms with E-state index >= 15 is 0 Å². The molecule has 1 N–H and O–H groups in total. The number of halogens is 1. The number of benzene rings is 1. The zero-order chi connectivity index (χ0) is 16.8. The summed E-state index contributed by atoms with van der Waals surface area (Å²) in [5.74, 6) is 0.0691. The first-order valence-electron chi connectivity index (χ1n) is 8.44. The van der Waals surface area contributed by atoms with Crippen LogP contribution in [0.5, 0.6) is 0 Å². The van der Waals surface area contributed by atoms with E-state index in [0.717, 1.165) is 25.2 Å². The predicted molar refractivity (Wildman–Crippen MR) is 94.7 cm³/mol. The van der Waals surface area contributed by atoms with Crippen molar-refractivity contribution in [3.05, 3.63) is 53.3 Å². The van der Waals surface area contributed by atoms with Gasteiger partial charge in [-0.3, -0.25) is 14.4 Å². The van der Waals surface area contributed by atoms with Crippen LogP contribution in [0.25, 0.3) is 0 Å². The smallest absolute Gasteiger partial charge is 0.221 e. The summed E-state index contributed by atoms with van der Waals surface area (Å²) < 4.78 is 1.97. The number of hydrogen-bond acceptors (Lipinski definition) is 3. The Hall–Kier alpha value is -1.85. The highest BCUT2D eigenvalue weighted by atomic mass is 35.5. The van der Waals surface area contributed by atoms with Crippen LogP contribution in [-0.4, -0.2) is 39.7 Å². The molecule has 1 fully saturated rings. The van der Waals surface area contributed by atoms with Crippen LogP contribution in [0.15, 0.2) is 42.7 Å². The van der Waals surface area contributed by atoms with Gasteiger partial charge in [0, 0.05) is 43.0 Å². The van der Waals surface area contributed by atoms with Gasteiger partial charge in [0.25, 0.3) is 0 Å². The third-order valence-corrected chi connectivity index (χ3v) is 4.88. The van der Waals surface area contributed by atoms with E-state index in [1.165, 1.54) is 12.8 Å². The molecule has 1 aliphatic rings. The van der Waals surface area contributed by atoms with Crippen molar-refractivity contribution >= 4 is 17.5 Å². The zero-order valence-corrected chi connectivity index (χ0v) is 14.5. The lowest BCUT2D eigenvalue weighted by Crippen LogP contribution is -2.36. The second-order valence-corrected chi connectivity index (χ2v) is 6.59. The number of likely N-dealkylation sites (tertiary alicyclic amines) is 1. The maximum absolute atomic E-state index is 12.1. The molecule has 1 amide bonds. The van der Waals surface area contributed by atoms with Gasteiger partial charge in [0.2, 0.25) is 5.91 Å². The summed E-state index contributed by atoms with van der Waals surface area (Å²) in [6.07, 6.45) is 6.67. The second kappa shape index (κ2) is 8.31. The molecule has 0 aliphatic carbocycles. The number of hydrogen-bond donors (Lipinski definition) is 1. The van der Waals surface area contributed by atoms with Gasteiger partial charge >= 0.3 is 0 Å². The fourth-order valence-electron chi connectivity index (χ4n) is 3.19. The van der Waals surface area contributed by atoms with Gasteiger partial charge in [-0.15, -0.1) is 0 Å². The Morgan fingerprint density at radius 1 is 1.33 bits per heavy atom. The predicted octanol–water partition coefficient (Wildman–Crippen LogP) is 2.71. The average Bonchev–Trinajstić information content (AvgIpc) is 3.24. The Morgan fingerprint density at radius 3 is 3.00 bits per heavy atom. The Kier molecular flexibility index (Phi) is 5.88. The molecule has 0 radical (unpaired) electrons. The van der Waals surface area contributed by atoms with Crippen molar-refractivity contribution in [2.24, 2.45) is 0 Å². The molecular weight excluding hydrogens is 324 g/mol. The van der Waals surface area contributed by atoms with Crippen LogP contribution in [0.3, 0.4) is 0 Å². The van der Waals surface area contributed by atoms with Crippen molar-refractivity contribution in [1.82, 2.24) is 20.0 Å². The van der Waals surface area contributed by atoms with E-state index in [9.17, 15) is 4.79 Å². The van der Waals surface area contributed by atoms with E-state index in [1.54, 1.807) is 6.20 Å². The van der Waals surface area contributed by atoms with Crippen LogP contribution in [0.2, 0.25) is 5.02 Å². The van der Waals surface area contributed by atoms with Crippen molar-refractivity contribution in [2.45, 2.75) is 38.4 Å². The second-order valence-electron chi connectivity index (χ2n) is 6.18. The number of amides is 1. The molecule has 1 aromatic carbocycles. The van der Waals surface area contributed by atoms with E-state index in [2.05, 4.69) is 15.3 Å². The van der Waals surface area contributed by atoms with E-state index in [-0.39, 0.29) is 5.91 Å². The van der Waals surface area contributed by atoms with Crippen LogP contribution in [-0.2, 0) is 17.9 Å². The van der Waals surface area contributed by atoms with Gasteiger partial charge in [0.15, 0.2) is 0 Å². The molecule has 2 aromatic rings. The molecule has 6 heteroatoms. The van der Waals surface area contributed by atoms with E-state index in [0.29, 0.717) is 24.0 Å². The molecule has 3 rings (SSSR count). The van der Waals surface area contributed by atoms with Gasteiger partial charge in [0.05, 0.1) is 6.54 Å². The molecule has 5 nitrogen and oxygen atoms in total. The molecule has 1 atom stereocenters. The monoisotopic (exact) mass is 346 g/mol. The quantitative estimate of drug-likeness (QED) is 0.838. The van der Waals surface area contributed by atoms with Crippen LogP contribution in [0.4, 0.5) is 0 Å². The van der Waals surface area contributed by atoms with Gasteiger partial charge in [-0.1, -0.05) is 29.8 Å². The van der Waals surface area contributed by atoms with Crippen molar-refractivity contribution in [2.75, 3.05) is 13.1 Å². The van der Waals surface area contributed by atoms with Crippen LogP contribution in [0.1, 0.15) is 24.8 Å². The number of nitrogens with one attached hydrogen (secondary N) is 1. The van der Waals surface area contributed by atoms with Crippen LogP contribution < -0.4 is 5.32 Å². The summed E-state index contributed by atoms with van der Waals surface area (Å²) in [6, 6.07) is 10.0. The molecule has 1 unspecified atom stereocenters. The van der Waals surface area contributed by atoms with Crippen LogP contribution in [0, 0.1) is 0 Å². The molecule has 0 bridgehead atoms. The molecule has 1 aliphatic heterocycles. The molecule has 1 saturated heterocycles. The van der Waals surface area contributed by atoms with Crippen molar-refractivity contribution in [3.8, 4) is 0 Å². The number of rotatable bonds is 7. The summed E-state index contributed by atoms with van der Waals surface area (Å²) in [5, 5.41) is 7.93. The topological polar surface area (TPSA) is 50.2 Å². The maximum Gasteiger partial charge on any atom is 0.221 e. The zero-order valence-electron chi connectivity index (χ0n) is 13.7. The highest BCUT2D eigenvalue weighted by Gasteiger charge is 2.25. The van der Waals surface area contributed by atoms with Crippen LogP contribution >= 0.6 is 11.6 Å². The highest BCUT2D eigenvalue weighted by Crippen LogP contribution is 2.19. The van der Waals surface area contributed by atoms with E-state index in [4.69, 9.17) is 11.6 Å². The number of aromatic nitrogens is 2. The highest BCUT2D eigenvalue weighted by molar-refractivity contribution is 6.31. The molecular formula is C18H23ClN4O. The van der Waals surface area contributed by atoms with Gasteiger partial charge in [-0.2, -0.15) is 5.10 Å². The minimum absolute atomic E-state index is 0.0691. The first kappa shape index (κ1) is 17.0.